The van der Waals surface area contributed by atoms with Gasteiger partial charge in [0, 0.05) is 17.6 Å². The Morgan fingerprint density at radius 1 is 1.08 bits per heavy atom. The number of amides is 3. The molecule has 3 fully saturated rings. The Morgan fingerprint density at radius 2 is 1.62 bits per heavy atom. The monoisotopic (exact) mass is 370 g/mol. The maximum absolute atomic E-state index is 13.1. The van der Waals surface area contributed by atoms with E-state index in [-0.39, 0.29) is 48.1 Å². The Kier molecular flexibility index (Phi) is 3.35. The minimum Gasteiger partial charge on any atom is -0.294 e. The largest absolute Gasteiger partial charge is 0.294 e. The molecule has 0 radical (unpaired) electrons. The number of imide groups is 1. The molecular formula is C20H19ClN2O3. The molecule has 1 aromatic rings. The number of rotatable bonds is 3. The van der Waals surface area contributed by atoms with Gasteiger partial charge in [-0.05, 0) is 54.4 Å². The van der Waals surface area contributed by atoms with Crippen LogP contribution in [0.2, 0.25) is 5.02 Å². The van der Waals surface area contributed by atoms with Crippen molar-refractivity contribution in [2.45, 2.75) is 13.3 Å². The van der Waals surface area contributed by atoms with Gasteiger partial charge >= 0.3 is 0 Å². The maximum Gasteiger partial charge on any atom is 0.235 e. The highest BCUT2D eigenvalue weighted by Gasteiger charge is 2.67. The molecule has 2 bridgehead atoms. The number of benzene rings is 1. The minimum atomic E-state index is -0.236. The van der Waals surface area contributed by atoms with Gasteiger partial charge in [0.15, 0.2) is 0 Å². The zero-order valence-corrected chi connectivity index (χ0v) is 15.1. The highest BCUT2D eigenvalue weighted by atomic mass is 35.5. The van der Waals surface area contributed by atoms with Crippen LogP contribution in [0, 0.1) is 35.5 Å². The van der Waals surface area contributed by atoms with Crippen molar-refractivity contribution in [2.75, 3.05) is 11.6 Å². The van der Waals surface area contributed by atoms with Crippen LogP contribution in [-0.2, 0) is 14.4 Å². The van der Waals surface area contributed by atoms with Crippen LogP contribution in [0.4, 0.5) is 5.69 Å². The zero-order chi connectivity index (χ0) is 18.2. The van der Waals surface area contributed by atoms with Crippen LogP contribution < -0.4 is 4.90 Å². The third-order valence-electron chi connectivity index (χ3n) is 6.56. The summed E-state index contributed by atoms with van der Waals surface area (Å²) in [6.07, 6.45) is 5.44. The van der Waals surface area contributed by atoms with Gasteiger partial charge in [-0.3, -0.25) is 24.2 Å². The van der Waals surface area contributed by atoms with E-state index >= 15 is 0 Å². The molecule has 3 amide bonds. The molecule has 5 aliphatic rings. The molecule has 6 atom stereocenters. The molecule has 1 aromatic carbocycles. The van der Waals surface area contributed by atoms with E-state index < -0.39 is 0 Å². The summed E-state index contributed by atoms with van der Waals surface area (Å²) in [5.74, 6) is 0.601. The first-order valence-corrected chi connectivity index (χ1v) is 9.42. The van der Waals surface area contributed by atoms with E-state index in [1.807, 2.05) is 0 Å². The second kappa shape index (κ2) is 5.43. The smallest absolute Gasteiger partial charge is 0.235 e. The number of nitrogens with zero attached hydrogens (tertiary/aromatic N) is 2. The average Bonchev–Trinajstić information content (AvgIpc) is 3.40. The second-order valence-electron chi connectivity index (χ2n) is 7.82. The fraction of sp³-hybridized carbons (Fsp3) is 0.450. The molecule has 26 heavy (non-hydrogen) atoms. The van der Waals surface area contributed by atoms with Crippen molar-refractivity contribution in [2.24, 2.45) is 35.5 Å². The van der Waals surface area contributed by atoms with Crippen molar-refractivity contribution < 1.29 is 14.4 Å². The topological polar surface area (TPSA) is 57.7 Å². The summed E-state index contributed by atoms with van der Waals surface area (Å²) in [6.45, 7) is 1.41. The fourth-order valence-corrected chi connectivity index (χ4v) is 5.41. The van der Waals surface area contributed by atoms with E-state index in [1.165, 1.54) is 16.7 Å². The van der Waals surface area contributed by atoms with Crippen LogP contribution in [0.1, 0.15) is 13.3 Å². The number of carbonyl (C=O) groups is 3. The van der Waals surface area contributed by atoms with Crippen molar-refractivity contribution in [1.29, 1.82) is 0 Å². The first-order valence-electron chi connectivity index (χ1n) is 9.04. The number of anilines is 1. The molecule has 4 aliphatic carbocycles. The Balaban J connectivity index is 1.44. The summed E-state index contributed by atoms with van der Waals surface area (Å²) in [5, 5.41) is 0.568. The summed E-state index contributed by atoms with van der Waals surface area (Å²) in [5.41, 5.74) is 0.626. The molecule has 1 saturated heterocycles. The van der Waals surface area contributed by atoms with E-state index in [9.17, 15) is 14.4 Å². The SMILES string of the molecule is CC(=O)N(CN1C(=O)C2C3C=CC(C4CC34)C2C1=O)c1ccc(Cl)cc1. The van der Waals surface area contributed by atoms with Crippen molar-refractivity contribution in [3.8, 4) is 0 Å². The molecule has 2 saturated carbocycles. The summed E-state index contributed by atoms with van der Waals surface area (Å²) in [4.78, 5) is 41.0. The van der Waals surface area contributed by atoms with Gasteiger partial charge < -0.3 is 0 Å². The second-order valence-corrected chi connectivity index (χ2v) is 8.26. The number of carbonyl (C=O) groups excluding carboxylic acids is 3. The van der Waals surface area contributed by atoms with Gasteiger partial charge in [-0.15, -0.1) is 0 Å². The van der Waals surface area contributed by atoms with E-state index in [2.05, 4.69) is 12.2 Å². The predicted octanol–water partition coefficient (Wildman–Crippen LogP) is 2.70. The van der Waals surface area contributed by atoms with E-state index in [1.54, 1.807) is 24.3 Å². The Labute approximate surface area is 156 Å². The first-order chi connectivity index (χ1) is 12.5. The normalized spacial score (nSPS) is 36.2. The number of hydrogen-bond acceptors (Lipinski definition) is 3. The molecule has 0 spiro atoms. The summed E-state index contributed by atoms with van der Waals surface area (Å²) < 4.78 is 0. The Bertz CT molecular complexity index is 813. The molecular weight excluding hydrogens is 352 g/mol. The van der Waals surface area contributed by atoms with Gasteiger partial charge in [0.05, 0.1) is 11.8 Å². The van der Waals surface area contributed by atoms with Gasteiger partial charge in [-0.1, -0.05) is 23.8 Å². The van der Waals surface area contributed by atoms with Crippen LogP contribution in [-0.4, -0.2) is 29.3 Å². The number of hydrogen-bond donors (Lipinski definition) is 0. The minimum absolute atomic E-state index is 0.0313. The van der Waals surface area contributed by atoms with Gasteiger partial charge in [0.2, 0.25) is 17.7 Å². The van der Waals surface area contributed by atoms with Crippen LogP contribution >= 0.6 is 11.6 Å². The predicted molar refractivity (Wildman–Crippen MR) is 96.0 cm³/mol. The number of halogens is 1. The van der Waals surface area contributed by atoms with Gasteiger partial charge in [0.1, 0.15) is 6.67 Å². The van der Waals surface area contributed by atoms with Crippen LogP contribution in [0.15, 0.2) is 36.4 Å². The fourth-order valence-electron chi connectivity index (χ4n) is 5.28. The molecule has 134 valence electrons. The zero-order valence-electron chi connectivity index (χ0n) is 14.3. The quantitative estimate of drug-likeness (QED) is 0.607. The molecule has 6 unspecified atom stereocenters. The lowest BCUT2D eigenvalue weighted by Gasteiger charge is -2.37. The number of likely N-dealkylation sites (tertiary alicyclic amines) is 1. The molecule has 5 nitrogen and oxygen atoms in total. The first kappa shape index (κ1) is 16.1. The van der Waals surface area contributed by atoms with Crippen LogP contribution in [0.5, 0.6) is 0 Å². The summed E-state index contributed by atoms with van der Waals surface area (Å²) in [7, 11) is 0. The lowest BCUT2D eigenvalue weighted by atomic mass is 9.63. The maximum atomic E-state index is 13.1. The Hall–Kier alpha value is -2.14. The molecule has 6 rings (SSSR count). The van der Waals surface area contributed by atoms with E-state index in [0.29, 0.717) is 22.5 Å². The molecule has 0 N–H and O–H groups in total. The van der Waals surface area contributed by atoms with Crippen molar-refractivity contribution >= 4 is 35.0 Å². The van der Waals surface area contributed by atoms with E-state index in [4.69, 9.17) is 11.6 Å². The lowest BCUT2D eigenvalue weighted by Crippen LogP contribution is -2.44. The Morgan fingerprint density at radius 3 is 2.12 bits per heavy atom. The van der Waals surface area contributed by atoms with Gasteiger partial charge in [-0.2, -0.15) is 0 Å². The van der Waals surface area contributed by atoms with E-state index in [0.717, 1.165) is 6.42 Å². The third-order valence-corrected chi connectivity index (χ3v) is 6.81. The molecule has 1 aliphatic heterocycles. The van der Waals surface area contributed by atoms with Crippen molar-refractivity contribution in [3.05, 3.63) is 41.4 Å². The van der Waals surface area contributed by atoms with Gasteiger partial charge in [0.25, 0.3) is 0 Å². The number of allylic oxidation sites excluding steroid dienone is 2. The lowest BCUT2D eigenvalue weighted by molar-refractivity contribution is -0.140. The molecule has 6 heteroatoms. The van der Waals surface area contributed by atoms with Crippen LogP contribution in [0.3, 0.4) is 0 Å². The summed E-state index contributed by atoms with van der Waals surface area (Å²) >= 11 is 5.92. The summed E-state index contributed by atoms with van der Waals surface area (Å²) in [6, 6.07) is 6.83. The van der Waals surface area contributed by atoms with Crippen molar-refractivity contribution in [1.82, 2.24) is 4.90 Å². The van der Waals surface area contributed by atoms with Crippen LogP contribution in [0.25, 0.3) is 0 Å². The molecule has 0 aromatic heterocycles. The third kappa shape index (κ3) is 2.13. The highest BCUT2D eigenvalue weighted by Crippen LogP contribution is 2.65. The average molecular weight is 371 g/mol. The van der Waals surface area contributed by atoms with Crippen molar-refractivity contribution in [3.63, 3.8) is 0 Å². The van der Waals surface area contributed by atoms with Gasteiger partial charge in [-0.25, -0.2) is 0 Å². The highest BCUT2D eigenvalue weighted by molar-refractivity contribution is 6.30. The molecule has 1 heterocycles. The standard InChI is InChI=1S/C20H19ClN2O3/c1-10(24)22(12-4-2-11(21)3-5-12)9-23-19(25)17-13-6-7-14(16-8-15(13)16)18(17)20(23)26/h2-7,13-18H,8-9H2,1H3.